The minimum Gasteiger partial charge on any atom is -0.309 e. The van der Waals surface area contributed by atoms with Crippen molar-refractivity contribution in [2.75, 3.05) is 0 Å². The molecule has 0 aromatic carbocycles. The highest BCUT2D eigenvalue weighted by Crippen LogP contribution is 2.40. The first kappa shape index (κ1) is 10.1. The number of nitrogens with zero attached hydrogens (tertiary/aromatic N) is 1. The van der Waals surface area contributed by atoms with Crippen LogP contribution in [-0.2, 0) is 0 Å². The number of halogens is 1. The second-order valence-electron chi connectivity index (χ2n) is 4.08. The zero-order valence-corrected chi connectivity index (χ0v) is 10.5. The molecule has 1 aliphatic rings. The molecule has 0 spiro atoms. The van der Waals surface area contributed by atoms with E-state index in [4.69, 9.17) is 0 Å². The van der Waals surface area contributed by atoms with Crippen molar-refractivity contribution < 1.29 is 0 Å². The van der Waals surface area contributed by atoms with E-state index in [1.54, 1.807) is 0 Å². The molecular weight excluding hydrogens is 291 g/mol. The highest BCUT2D eigenvalue weighted by molar-refractivity contribution is 14.1. The van der Waals surface area contributed by atoms with Crippen LogP contribution < -0.4 is 5.56 Å². The van der Waals surface area contributed by atoms with E-state index in [-0.39, 0.29) is 11.5 Å². The van der Waals surface area contributed by atoms with E-state index >= 15 is 0 Å². The first-order chi connectivity index (χ1) is 6.59. The molecule has 1 aromatic rings. The van der Waals surface area contributed by atoms with Crippen molar-refractivity contribution in [1.82, 2.24) is 9.97 Å². The Labute approximate surface area is 96.5 Å². The summed E-state index contributed by atoms with van der Waals surface area (Å²) in [4.78, 5) is 18.9. The molecule has 1 heterocycles. The Morgan fingerprint density at radius 1 is 1.50 bits per heavy atom. The smallest absolute Gasteiger partial charge is 0.264 e. The number of hydrogen-bond donors (Lipinski definition) is 1. The summed E-state index contributed by atoms with van der Waals surface area (Å²) in [5.41, 5.74) is 1.03. The van der Waals surface area contributed by atoms with Crippen LogP contribution in [0, 0.1) is 3.57 Å². The molecule has 0 unspecified atom stereocenters. The van der Waals surface area contributed by atoms with Crippen LogP contribution in [0.1, 0.15) is 50.0 Å². The normalized spacial score (nSPS) is 16.3. The summed E-state index contributed by atoms with van der Waals surface area (Å²) < 4.78 is 0.773. The van der Waals surface area contributed by atoms with Crippen LogP contribution in [0.3, 0.4) is 0 Å². The summed E-state index contributed by atoms with van der Waals surface area (Å²) in [6, 6.07) is 0. The van der Waals surface area contributed by atoms with Gasteiger partial charge in [-0.3, -0.25) is 4.79 Å². The predicted octanol–water partition coefficient (Wildman–Crippen LogP) is 2.38. The van der Waals surface area contributed by atoms with Crippen molar-refractivity contribution >= 4 is 22.6 Å². The van der Waals surface area contributed by atoms with E-state index in [2.05, 4.69) is 32.6 Å². The van der Waals surface area contributed by atoms with Crippen molar-refractivity contribution in [3.63, 3.8) is 0 Å². The standard InChI is InChI=1S/C10H13IN2O/c1-5(2)9-12-8(6-3-4-6)7(11)10(14)13-9/h5-6H,3-4H2,1-2H3,(H,12,13,14). The summed E-state index contributed by atoms with van der Waals surface area (Å²) in [6.45, 7) is 4.09. The molecule has 1 aliphatic carbocycles. The molecular formula is C10H13IN2O. The zero-order valence-electron chi connectivity index (χ0n) is 8.30. The third kappa shape index (κ3) is 1.85. The number of rotatable bonds is 2. The van der Waals surface area contributed by atoms with Crippen LogP contribution in [0.4, 0.5) is 0 Å². The van der Waals surface area contributed by atoms with Gasteiger partial charge in [0.25, 0.3) is 5.56 Å². The van der Waals surface area contributed by atoms with Crippen LogP contribution >= 0.6 is 22.6 Å². The largest absolute Gasteiger partial charge is 0.309 e. The van der Waals surface area contributed by atoms with Crippen molar-refractivity contribution in [3.05, 3.63) is 25.4 Å². The topological polar surface area (TPSA) is 45.8 Å². The lowest BCUT2D eigenvalue weighted by Crippen LogP contribution is -2.18. The Morgan fingerprint density at radius 3 is 2.64 bits per heavy atom. The quantitative estimate of drug-likeness (QED) is 0.853. The fourth-order valence-electron chi connectivity index (χ4n) is 1.40. The number of hydrogen-bond acceptors (Lipinski definition) is 2. The lowest BCUT2D eigenvalue weighted by atomic mass is 10.2. The molecule has 1 N–H and O–H groups in total. The summed E-state index contributed by atoms with van der Waals surface area (Å²) in [5, 5.41) is 0. The van der Waals surface area contributed by atoms with Crippen LogP contribution in [0.5, 0.6) is 0 Å². The SMILES string of the molecule is CC(C)c1nc(C2CC2)c(I)c(=O)[nH]1. The average molecular weight is 304 g/mol. The Morgan fingerprint density at radius 2 is 2.14 bits per heavy atom. The van der Waals surface area contributed by atoms with E-state index in [0.717, 1.165) is 15.1 Å². The van der Waals surface area contributed by atoms with Crippen LogP contribution in [-0.4, -0.2) is 9.97 Å². The van der Waals surface area contributed by atoms with Gasteiger partial charge in [0.1, 0.15) is 5.82 Å². The Bertz CT molecular complexity index is 407. The molecule has 4 heteroatoms. The maximum absolute atomic E-state index is 11.6. The van der Waals surface area contributed by atoms with Crippen molar-refractivity contribution in [1.29, 1.82) is 0 Å². The number of aromatic amines is 1. The van der Waals surface area contributed by atoms with Crippen molar-refractivity contribution in [2.24, 2.45) is 0 Å². The highest BCUT2D eigenvalue weighted by atomic mass is 127. The van der Waals surface area contributed by atoms with Gasteiger partial charge in [0.15, 0.2) is 0 Å². The highest BCUT2D eigenvalue weighted by Gasteiger charge is 2.29. The molecule has 0 saturated heterocycles. The molecule has 0 amide bonds. The van der Waals surface area contributed by atoms with Gasteiger partial charge in [0.05, 0.1) is 9.26 Å². The third-order valence-electron chi connectivity index (χ3n) is 2.42. The lowest BCUT2D eigenvalue weighted by Gasteiger charge is -2.07. The second kappa shape index (κ2) is 3.64. The summed E-state index contributed by atoms with van der Waals surface area (Å²) >= 11 is 2.09. The zero-order chi connectivity index (χ0) is 10.3. The maximum Gasteiger partial charge on any atom is 0.264 e. The maximum atomic E-state index is 11.6. The van der Waals surface area contributed by atoms with Crippen molar-refractivity contribution in [2.45, 2.75) is 38.5 Å². The molecule has 3 nitrogen and oxygen atoms in total. The van der Waals surface area contributed by atoms with Gasteiger partial charge in [-0.2, -0.15) is 0 Å². The first-order valence-corrected chi connectivity index (χ1v) is 5.97. The van der Waals surface area contributed by atoms with E-state index in [0.29, 0.717) is 5.92 Å². The molecule has 0 bridgehead atoms. The summed E-state index contributed by atoms with van der Waals surface area (Å²) in [7, 11) is 0. The Hall–Kier alpha value is -0.390. The summed E-state index contributed by atoms with van der Waals surface area (Å²) in [5.74, 6) is 1.65. The second-order valence-corrected chi connectivity index (χ2v) is 5.16. The molecule has 2 rings (SSSR count). The predicted molar refractivity (Wildman–Crippen MR) is 63.6 cm³/mol. The molecule has 0 radical (unpaired) electrons. The number of H-pyrrole nitrogens is 1. The van der Waals surface area contributed by atoms with Gasteiger partial charge in [0.2, 0.25) is 0 Å². The van der Waals surface area contributed by atoms with Gasteiger partial charge in [-0.05, 0) is 35.4 Å². The number of aromatic nitrogens is 2. The molecule has 1 aromatic heterocycles. The molecule has 14 heavy (non-hydrogen) atoms. The minimum absolute atomic E-state index is 0.0196. The Kier molecular flexibility index (Phi) is 2.64. The van der Waals surface area contributed by atoms with Crippen LogP contribution in [0.15, 0.2) is 4.79 Å². The van der Waals surface area contributed by atoms with Crippen LogP contribution in [0.25, 0.3) is 0 Å². The fourth-order valence-corrected chi connectivity index (χ4v) is 2.09. The minimum atomic E-state index is 0.0196. The molecule has 1 saturated carbocycles. The van der Waals surface area contributed by atoms with Gasteiger partial charge < -0.3 is 4.98 Å². The molecule has 76 valence electrons. The van der Waals surface area contributed by atoms with Gasteiger partial charge in [-0.15, -0.1) is 0 Å². The third-order valence-corrected chi connectivity index (χ3v) is 3.46. The van der Waals surface area contributed by atoms with Gasteiger partial charge in [-0.1, -0.05) is 13.8 Å². The number of nitrogens with one attached hydrogen (secondary N) is 1. The average Bonchev–Trinajstić information content (AvgIpc) is 2.92. The molecule has 0 atom stereocenters. The van der Waals surface area contributed by atoms with E-state index in [9.17, 15) is 4.79 Å². The monoisotopic (exact) mass is 304 g/mol. The molecule has 0 aliphatic heterocycles. The van der Waals surface area contributed by atoms with Crippen molar-refractivity contribution in [3.8, 4) is 0 Å². The molecule has 1 fully saturated rings. The van der Waals surface area contributed by atoms with E-state index in [1.807, 2.05) is 13.8 Å². The Balaban J connectivity index is 2.52. The summed E-state index contributed by atoms with van der Waals surface area (Å²) in [6.07, 6.45) is 2.37. The van der Waals surface area contributed by atoms with E-state index in [1.165, 1.54) is 12.8 Å². The van der Waals surface area contributed by atoms with Crippen LogP contribution in [0.2, 0.25) is 0 Å². The lowest BCUT2D eigenvalue weighted by molar-refractivity contribution is 0.744. The first-order valence-electron chi connectivity index (χ1n) is 4.89. The van der Waals surface area contributed by atoms with E-state index < -0.39 is 0 Å². The fraction of sp³-hybridized carbons (Fsp3) is 0.600. The van der Waals surface area contributed by atoms with Gasteiger partial charge in [-0.25, -0.2) is 4.98 Å². The van der Waals surface area contributed by atoms with Gasteiger partial charge >= 0.3 is 0 Å². The van der Waals surface area contributed by atoms with Gasteiger partial charge in [0, 0.05) is 11.8 Å².